The fourth-order valence-electron chi connectivity index (χ4n) is 4.64. The van der Waals surface area contributed by atoms with Gasteiger partial charge in [-0.3, -0.25) is 0 Å². The Morgan fingerprint density at radius 3 is 2.39 bits per heavy atom. The lowest BCUT2D eigenvalue weighted by atomic mass is 9.67. The van der Waals surface area contributed by atoms with Crippen molar-refractivity contribution < 1.29 is 4.74 Å². The number of hydrogen-bond acceptors (Lipinski definition) is 2. The Morgan fingerprint density at radius 2 is 1.78 bits per heavy atom. The van der Waals surface area contributed by atoms with Crippen LogP contribution in [0.5, 0.6) is 0 Å². The molecule has 104 valence electrons. The van der Waals surface area contributed by atoms with Gasteiger partial charge in [-0.1, -0.05) is 19.3 Å². The van der Waals surface area contributed by atoms with E-state index in [0.717, 1.165) is 24.5 Å². The van der Waals surface area contributed by atoms with Gasteiger partial charge in [0, 0.05) is 12.6 Å². The smallest absolute Gasteiger partial charge is 0.0685 e. The lowest BCUT2D eigenvalue weighted by molar-refractivity contribution is -0.149. The highest BCUT2D eigenvalue weighted by molar-refractivity contribution is 4.97. The molecular weight excluding hydrogens is 222 g/mol. The average molecular weight is 251 g/mol. The molecule has 0 aromatic rings. The zero-order valence-corrected chi connectivity index (χ0v) is 11.9. The number of hydrogen-bond donors (Lipinski definition) is 1. The van der Waals surface area contributed by atoms with Crippen LogP contribution in [-0.2, 0) is 4.74 Å². The van der Waals surface area contributed by atoms with Crippen molar-refractivity contribution in [2.45, 2.75) is 75.9 Å². The molecule has 2 atom stereocenters. The molecule has 0 aromatic carbocycles. The van der Waals surface area contributed by atoms with Crippen molar-refractivity contribution in [2.24, 2.45) is 11.8 Å². The number of nitrogens with one attached hydrogen (secondary N) is 1. The van der Waals surface area contributed by atoms with Crippen molar-refractivity contribution >= 4 is 0 Å². The van der Waals surface area contributed by atoms with Gasteiger partial charge in [-0.2, -0.15) is 0 Å². The van der Waals surface area contributed by atoms with Crippen molar-refractivity contribution in [2.75, 3.05) is 13.7 Å². The fraction of sp³-hybridized carbons (Fsp3) is 1.00. The SMILES string of the molecule is CNC(C1CCCCC1)C1CCOC2(CCC2)C1. The zero-order valence-electron chi connectivity index (χ0n) is 11.9. The minimum absolute atomic E-state index is 0.312. The van der Waals surface area contributed by atoms with Crippen molar-refractivity contribution in [1.82, 2.24) is 5.32 Å². The van der Waals surface area contributed by atoms with Crippen molar-refractivity contribution in [3.8, 4) is 0 Å². The summed E-state index contributed by atoms with van der Waals surface area (Å²) in [5.74, 6) is 1.80. The molecule has 2 heteroatoms. The maximum absolute atomic E-state index is 6.09. The molecule has 18 heavy (non-hydrogen) atoms. The van der Waals surface area contributed by atoms with Gasteiger partial charge in [0.15, 0.2) is 0 Å². The van der Waals surface area contributed by atoms with E-state index in [2.05, 4.69) is 12.4 Å². The molecule has 0 radical (unpaired) electrons. The van der Waals surface area contributed by atoms with Crippen LogP contribution in [0.25, 0.3) is 0 Å². The summed E-state index contributed by atoms with van der Waals surface area (Å²) in [6.07, 6.45) is 13.9. The highest BCUT2D eigenvalue weighted by Gasteiger charge is 2.45. The highest BCUT2D eigenvalue weighted by Crippen LogP contribution is 2.46. The van der Waals surface area contributed by atoms with Gasteiger partial charge in [0.25, 0.3) is 0 Å². The summed E-state index contributed by atoms with van der Waals surface area (Å²) in [6, 6.07) is 0.756. The summed E-state index contributed by atoms with van der Waals surface area (Å²) < 4.78 is 6.09. The lowest BCUT2D eigenvalue weighted by Gasteiger charge is -2.50. The second-order valence-corrected chi connectivity index (χ2v) is 6.85. The summed E-state index contributed by atoms with van der Waals surface area (Å²) >= 11 is 0. The van der Waals surface area contributed by atoms with Gasteiger partial charge >= 0.3 is 0 Å². The van der Waals surface area contributed by atoms with Gasteiger partial charge in [-0.15, -0.1) is 0 Å². The third kappa shape index (κ3) is 2.46. The van der Waals surface area contributed by atoms with Crippen LogP contribution in [0.2, 0.25) is 0 Å². The lowest BCUT2D eigenvalue weighted by Crippen LogP contribution is -2.51. The standard InChI is InChI=1S/C16H29NO/c1-17-15(13-6-3-2-4-7-13)14-8-11-18-16(12-14)9-5-10-16/h13-15,17H,2-12H2,1H3. The molecule has 1 heterocycles. The number of rotatable bonds is 3. The van der Waals surface area contributed by atoms with E-state index in [4.69, 9.17) is 4.74 Å². The molecule has 1 N–H and O–H groups in total. The Hall–Kier alpha value is -0.0800. The zero-order chi connectivity index (χ0) is 12.4. The molecule has 0 aromatic heterocycles. The number of ether oxygens (including phenoxy) is 1. The second-order valence-electron chi connectivity index (χ2n) is 6.85. The second kappa shape index (κ2) is 5.50. The highest BCUT2D eigenvalue weighted by atomic mass is 16.5. The average Bonchev–Trinajstić information content (AvgIpc) is 2.39. The summed E-state index contributed by atoms with van der Waals surface area (Å²) in [5, 5.41) is 3.67. The van der Waals surface area contributed by atoms with Crippen LogP contribution >= 0.6 is 0 Å². The van der Waals surface area contributed by atoms with E-state index < -0.39 is 0 Å². The van der Waals surface area contributed by atoms with Gasteiger partial charge < -0.3 is 10.1 Å². The fourth-order valence-corrected chi connectivity index (χ4v) is 4.64. The first-order chi connectivity index (χ1) is 8.83. The first-order valence-corrected chi connectivity index (χ1v) is 8.14. The van der Waals surface area contributed by atoms with E-state index in [-0.39, 0.29) is 0 Å². The van der Waals surface area contributed by atoms with Crippen LogP contribution < -0.4 is 5.32 Å². The molecule has 3 fully saturated rings. The Bertz CT molecular complexity index is 268. The molecule has 0 amide bonds. The maximum Gasteiger partial charge on any atom is 0.0685 e. The van der Waals surface area contributed by atoms with Gasteiger partial charge in [-0.25, -0.2) is 0 Å². The Kier molecular flexibility index (Phi) is 3.95. The maximum atomic E-state index is 6.09. The predicted octanol–water partition coefficient (Wildman–Crippen LogP) is 3.50. The van der Waals surface area contributed by atoms with Crippen LogP contribution in [0.15, 0.2) is 0 Å². The molecule has 1 aliphatic heterocycles. The van der Waals surface area contributed by atoms with Gasteiger partial charge in [0.05, 0.1) is 5.60 Å². The molecular formula is C16H29NO. The molecule has 2 saturated carbocycles. The molecule has 1 saturated heterocycles. The molecule has 3 rings (SSSR count). The summed E-state index contributed by atoms with van der Waals surface area (Å²) in [5.41, 5.74) is 0.312. The third-order valence-electron chi connectivity index (χ3n) is 5.79. The predicted molar refractivity (Wildman–Crippen MR) is 74.7 cm³/mol. The van der Waals surface area contributed by atoms with Crippen molar-refractivity contribution in [3.05, 3.63) is 0 Å². The Balaban J connectivity index is 1.63. The van der Waals surface area contributed by atoms with Gasteiger partial charge in [0.1, 0.15) is 0 Å². The van der Waals surface area contributed by atoms with Crippen molar-refractivity contribution in [3.63, 3.8) is 0 Å². The molecule has 1 spiro atoms. The van der Waals surface area contributed by atoms with Crippen LogP contribution in [-0.4, -0.2) is 25.3 Å². The first kappa shape index (κ1) is 12.9. The van der Waals surface area contributed by atoms with E-state index in [0.29, 0.717) is 5.60 Å². The normalized spacial score (nSPS) is 34.2. The van der Waals surface area contributed by atoms with Gasteiger partial charge in [-0.05, 0) is 63.8 Å². The van der Waals surface area contributed by atoms with E-state index in [1.54, 1.807) is 0 Å². The largest absolute Gasteiger partial charge is 0.375 e. The monoisotopic (exact) mass is 251 g/mol. The third-order valence-corrected chi connectivity index (χ3v) is 5.79. The Labute approximate surface area is 112 Å². The van der Waals surface area contributed by atoms with Gasteiger partial charge in [0.2, 0.25) is 0 Å². The van der Waals surface area contributed by atoms with E-state index >= 15 is 0 Å². The summed E-state index contributed by atoms with van der Waals surface area (Å²) in [7, 11) is 2.18. The quantitative estimate of drug-likeness (QED) is 0.829. The molecule has 2 aliphatic carbocycles. The minimum Gasteiger partial charge on any atom is -0.375 e. The topological polar surface area (TPSA) is 21.3 Å². The van der Waals surface area contributed by atoms with E-state index in [1.165, 1.54) is 64.2 Å². The molecule has 0 bridgehead atoms. The summed E-state index contributed by atoms with van der Waals surface area (Å²) in [4.78, 5) is 0. The Morgan fingerprint density at radius 1 is 1.00 bits per heavy atom. The van der Waals surface area contributed by atoms with Crippen LogP contribution in [0.3, 0.4) is 0 Å². The van der Waals surface area contributed by atoms with E-state index in [9.17, 15) is 0 Å². The first-order valence-electron chi connectivity index (χ1n) is 8.14. The molecule has 2 nitrogen and oxygen atoms in total. The summed E-state index contributed by atoms with van der Waals surface area (Å²) in [6.45, 7) is 1.01. The van der Waals surface area contributed by atoms with Crippen LogP contribution in [0, 0.1) is 11.8 Å². The minimum atomic E-state index is 0.312. The van der Waals surface area contributed by atoms with Crippen LogP contribution in [0.1, 0.15) is 64.2 Å². The molecule has 3 aliphatic rings. The van der Waals surface area contributed by atoms with Crippen molar-refractivity contribution in [1.29, 1.82) is 0 Å². The molecule has 2 unspecified atom stereocenters. The van der Waals surface area contributed by atoms with Crippen LogP contribution in [0.4, 0.5) is 0 Å². The van der Waals surface area contributed by atoms with E-state index in [1.807, 2.05) is 0 Å².